The van der Waals surface area contributed by atoms with E-state index < -0.39 is 0 Å². The van der Waals surface area contributed by atoms with Gasteiger partial charge >= 0.3 is 6.01 Å². The molecule has 108 valence electrons. The molecule has 6 heteroatoms. The summed E-state index contributed by atoms with van der Waals surface area (Å²) in [6.07, 6.45) is 0. The Morgan fingerprint density at radius 1 is 1.30 bits per heavy atom. The average Bonchev–Trinajstić information content (AvgIpc) is 2.80. The van der Waals surface area contributed by atoms with Crippen LogP contribution in [0.5, 0.6) is 0 Å². The number of benzene rings is 1. The van der Waals surface area contributed by atoms with E-state index in [4.69, 9.17) is 4.42 Å². The lowest BCUT2D eigenvalue weighted by molar-refractivity contribution is 0.460. The maximum atomic E-state index is 5.54. The van der Waals surface area contributed by atoms with Crippen LogP contribution in [0.15, 0.2) is 27.1 Å². The number of anilines is 2. The molecule has 0 amide bonds. The Labute approximate surface area is 127 Å². The zero-order valence-corrected chi connectivity index (χ0v) is 13.5. The molecule has 0 saturated carbocycles. The van der Waals surface area contributed by atoms with Gasteiger partial charge in [0.15, 0.2) is 0 Å². The third-order valence-electron chi connectivity index (χ3n) is 2.66. The number of halogens is 1. The minimum Gasteiger partial charge on any atom is -0.406 e. The normalized spacial score (nSPS) is 11.1. The fraction of sp³-hybridized carbons (Fsp3) is 0.429. The highest BCUT2D eigenvalue weighted by atomic mass is 79.9. The highest BCUT2D eigenvalue weighted by molar-refractivity contribution is 9.10. The second-order valence-corrected chi connectivity index (χ2v) is 5.99. The maximum Gasteiger partial charge on any atom is 0.320 e. The van der Waals surface area contributed by atoms with Crippen molar-refractivity contribution in [2.24, 2.45) is 5.92 Å². The molecule has 5 nitrogen and oxygen atoms in total. The summed E-state index contributed by atoms with van der Waals surface area (Å²) in [5.74, 6) is 1.18. The van der Waals surface area contributed by atoms with Gasteiger partial charge in [0.25, 0.3) is 0 Å². The Balaban J connectivity index is 1.95. The molecule has 0 saturated heterocycles. The van der Waals surface area contributed by atoms with Crippen molar-refractivity contribution in [3.63, 3.8) is 0 Å². The van der Waals surface area contributed by atoms with Gasteiger partial charge in [-0.2, -0.15) is 0 Å². The largest absolute Gasteiger partial charge is 0.406 e. The molecule has 1 heterocycles. The molecule has 1 aromatic carbocycles. The summed E-state index contributed by atoms with van der Waals surface area (Å²) in [4.78, 5) is 0. The van der Waals surface area contributed by atoms with Crippen LogP contribution in [0.4, 0.5) is 11.7 Å². The van der Waals surface area contributed by atoms with Crippen molar-refractivity contribution in [3.8, 4) is 0 Å². The van der Waals surface area contributed by atoms with Crippen molar-refractivity contribution in [1.82, 2.24) is 15.5 Å². The van der Waals surface area contributed by atoms with E-state index in [-0.39, 0.29) is 0 Å². The summed E-state index contributed by atoms with van der Waals surface area (Å²) in [7, 11) is 0. The van der Waals surface area contributed by atoms with Crippen LogP contribution in [-0.4, -0.2) is 16.7 Å². The van der Waals surface area contributed by atoms with Crippen molar-refractivity contribution in [2.75, 3.05) is 11.9 Å². The summed E-state index contributed by atoms with van der Waals surface area (Å²) >= 11 is 3.50. The molecule has 0 aliphatic carbocycles. The standard InChI is InChI=1S/C14H19BrN4O/c1-9(2)7-16-8-13-18-19-14(20-13)17-12-5-4-10(3)6-11(12)15/h4-6,9,16H,7-8H2,1-3H3,(H,17,19). The molecule has 0 radical (unpaired) electrons. The predicted octanol–water partition coefficient (Wildman–Crippen LogP) is 3.63. The molecule has 0 unspecified atom stereocenters. The second-order valence-electron chi connectivity index (χ2n) is 5.13. The Morgan fingerprint density at radius 2 is 2.10 bits per heavy atom. The Morgan fingerprint density at radius 3 is 2.80 bits per heavy atom. The van der Waals surface area contributed by atoms with E-state index in [1.54, 1.807) is 0 Å². The van der Waals surface area contributed by atoms with Crippen LogP contribution >= 0.6 is 15.9 Å². The van der Waals surface area contributed by atoms with Crippen molar-refractivity contribution in [1.29, 1.82) is 0 Å². The smallest absolute Gasteiger partial charge is 0.320 e. The van der Waals surface area contributed by atoms with Crippen molar-refractivity contribution < 1.29 is 4.42 Å². The molecule has 2 rings (SSSR count). The highest BCUT2D eigenvalue weighted by Gasteiger charge is 2.08. The van der Waals surface area contributed by atoms with Crippen LogP contribution in [0.1, 0.15) is 25.3 Å². The van der Waals surface area contributed by atoms with Crippen molar-refractivity contribution in [2.45, 2.75) is 27.3 Å². The van der Waals surface area contributed by atoms with E-state index in [2.05, 4.69) is 50.6 Å². The quantitative estimate of drug-likeness (QED) is 0.841. The maximum absolute atomic E-state index is 5.54. The van der Waals surface area contributed by atoms with E-state index in [0.29, 0.717) is 24.4 Å². The molecular weight excluding hydrogens is 320 g/mol. The number of rotatable bonds is 6. The van der Waals surface area contributed by atoms with E-state index in [9.17, 15) is 0 Å². The van der Waals surface area contributed by atoms with Gasteiger partial charge < -0.3 is 15.1 Å². The number of aromatic nitrogens is 2. The molecule has 2 N–H and O–H groups in total. The van der Waals surface area contributed by atoms with Gasteiger partial charge in [0.05, 0.1) is 12.2 Å². The van der Waals surface area contributed by atoms with Gasteiger partial charge in [-0.3, -0.25) is 0 Å². The van der Waals surface area contributed by atoms with Crippen LogP contribution in [0.2, 0.25) is 0 Å². The summed E-state index contributed by atoms with van der Waals surface area (Å²) in [5.41, 5.74) is 2.09. The fourth-order valence-corrected chi connectivity index (χ4v) is 2.27. The van der Waals surface area contributed by atoms with Crippen LogP contribution in [0, 0.1) is 12.8 Å². The first-order valence-corrected chi connectivity index (χ1v) is 7.40. The van der Waals surface area contributed by atoms with Crippen LogP contribution < -0.4 is 10.6 Å². The van der Waals surface area contributed by atoms with Gasteiger partial charge in [-0.05, 0) is 53.0 Å². The highest BCUT2D eigenvalue weighted by Crippen LogP contribution is 2.26. The number of nitrogens with one attached hydrogen (secondary N) is 2. The summed E-state index contributed by atoms with van der Waals surface area (Å²) in [6, 6.07) is 6.43. The predicted molar refractivity (Wildman–Crippen MR) is 83.0 cm³/mol. The van der Waals surface area contributed by atoms with Crippen LogP contribution in [-0.2, 0) is 6.54 Å². The van der Waals surface area contributed by atoms with Gasteiger partial charge in [-0.15, -0.1) is 5.10 Å². The summed E-state index contributed by atoms with van der Waals surface area (Å²) < 4.78 is 6.51. The van der Waals surface area contributed by atoms with Crippen LogP contribution in [0.25, 0.3) is 0 Å². The first-order chi connectivity index (χ1) is 9.54. The third kappa shape index (κ3) is 4.31. The van der Waals surface area contributed by atoms with Gasteiger partial charge in [0, 0.05) is 4.47 Å². The molecule has 20 heavy (non-hydrogen) atoms. The van der Waals surface area contributed by atoms with E-state index in [0.717, 1.165) is 16.7 Å². The van der Waals surface area contributed by atoms with Gasteiger partial charge in [0.2, 0.25) is 5.89 Å². The zero-order valence-electron chi connectivity index (χ0n) is 11.9. The second kappa shape index (κ2) is 6.85. The van der Waals surface area contributed by atoms with Gasteiger partial charge in [0.1, 0.15) is 0 Å². The molecule has 0 spiro atoms. The molecule has 2 aromatic rings. The first kappa shape index (κ1) is 15.0. The zero-order chi connectivity index (χ0) is 14.5. The lowest BCUT2D eigenvalue weighted by Crippen LogP contribution is -2.19. The van der Waals surface area contributed by atoms with Crippen molar-refractivity contribution in [3.05, 3.63) is 34.1 Å². The SMILES string of the molecule is Cc1ccc(Nc2nnc(CNCC(C)C)o2)c(Br)c1. The van der Waals surface area contributed by atoms with E-state index in [1.165, 1.54) is 5.56 Å². The van der Waals surface area contributed by atoms with Gasteiger partial charge in [-0.25, -0.2) is 0 Å². The lowest BCUT2D eigenvalue weighted by atomic mass is 10.2. The third-order valence-corrected chi connectivity index (χ3v) is 3.32. The molecular formula is C14H19BrN4O. The average molecular weight is 339 g/mol. The van der Waals surface area contributed by atoms with E-state index in [1.807, 2.05) is 25.1 Å². The Hall–Kier alpha value is -1.40. The molecule has 0 fully saturated rings. The van der Waals surface area contributed by atoms with Crippen LogP contribution in [0.3, 0.4) is 0 Å². The molecule has 1 aromatic heterocycles. The van der Waals surface area contributed by atoms with E-state index >= 15 is 0 Å². The number of nitrogens with zero attached hydrogens (tertiary/aromatic N) is 2. The van der Waals surface area contributed by atoms with Gasteiger partial charge in [-0.1, -0.05) is 25.0 Å². The number of hydrogen-bond acceptors (Lipinski definition) is 5. The summed E-state index contributed by atoms with van der Waals surface area (Å²) in [5, 5.41) is 14.4. The monoisotopic (exact) mass is 338 g/mol. The van der Waals surface area contributed by atoms with Crippen molar-refractivity contribution >= 4 is 27.6 Å². The lowest BCUT2D eigenvalue weighted by Gasteiger charge is -2.05. The topological polar surface area (TPSA) is 63.0 Å². The molecule has 0 aliphatic heterocycles. The number of aryl methyl sites for hydroxylation is 1. The fourth-order valence-electron chi connectivity index (χ4n) is 1.68. The Kier molecular flexibility index (Phi) is 5.14. The molecule has 0 bridgehead atoms. The number of hydrogen-bond donors (Lipinski definition) is 2. The molecule has 0 atom stereocenters. The first-order valence-electron chi connectivity index (χ1n) is 6.61. The minimum absolute atomic E-state index is 0.399. The summed E-state index contributed by atoms with van der Waals surface area (Å²) in [6.45, 7) is 7.86. The Bertz CT molecular complexity index is 568. The molecule has 0 aliphatic rings. The minimum atomic E-state index is 0.399.